The molecule has 0 spiro atoms. The summed E-state index contributed by atoms with van der Waals surface area (Å²) in [5.41, 5.74) is 0. The molecule has 0 bridgehead atoms. The van der Waals surface area contributed by atoms with Crippen molar-refractivity contribution in [2.24, 2.45) is 0 Å². The van der Waals surface area contributed by atoms with Crippen LogP contribution in [0.5, 0.6) is 0 Å². The Balaban J connectivity index is 2.16. The fourth-order valence-electron chi connectivity index (χ4n) is 2.03. The third-order valence-electron chi connectivity index (χ3n) is 2.96. The van der Waals surface area contributed by atoms with Crippen molar-refractivity contribution < 1.29 is 34.8 Å². The van der Waals surface area contributed by atoms with E-state index in [1.54, 1.807) is 0 Å². The third kappa shape index (κ3) is 2.06. The number of hydrogen-bond donors (Lipinski definition) is 5. The summed E-state index contributed by atoms with van der Waals surface area (Å²) < 4.78 is 5.09. The average Bonchev–Trinajstić information content (AvgIpc) is 2.56. The molecule has 0 saturated carbocycles. The van der Waals surface area contributed by atoms with Crippen molar-refractivity contribution in [1.82, 2.24) is 10.2 Å². The van der Waals surface area contributed by atoms with Gasteiger partial charge in [-0.1, -0.05) is 0 Å². The molecule has 2 aliphatic heterocycles. The van der Waals surface area contributed by atoms with Crippen LogP contribution in [0.4, 0.5) is 4.79 Å². The molecule has 3 amide bonds. The van der Waals surface area contributed by atoms with E-state index in [2.05, 4.69) is 0 Å². The Hall–Kier alpha value is -1.26. The second-order valence-corrected chi connectivity index (χ2v) is 4.17. The number of urea groups is 1. The van der Waals surface area contributed by atoms with Crippen molar-refractivity contribution in [3.63, 3.8) is 0 Å². The van der Waals surface area contributed by atoms with Gasteiger partial charge in [-0.25, -0.2) is 4.79 Å². The Morgan fingerprint density at radius 1 is 1.28 bits per heavy atom. The van der Waals surface area contributed by atoms with Gasteiger partial charge in [0.2, 0.25) is 5.91 Å². The fourth-order valence-corrected chi connectivity index (χ4v) is 2.03. The Kier molecular flexibility index (Phi) is 3.50. The van der Waals surface area contributed by atoms with E-state index in [1.807, 2.05) is 5.32 Å². The molecule has 2 rings (SSSR count). The minimum Gasteiger partial charge on any atom is -0.394 e. The average molecular weight is 262 g/mol. The van der Waals surface area contributed by atoms with Crippen molar-refractivity contribution in [2.45, 2.75) is 37.2 Å². The molecule has 5 N–H and O–H groups in total. The van der Waals surface area contributed by atoms with Gasteiger partial charge in [0, 0.05) is 0 Å². The summed E-state index contributed by atoms with van der Waals surface area (Å²) in [6, 6.07) is -0.923. The molecule has 0 aromatic heterocycles. The number of aliphatic hydroxyl groups excluding tert-OH is 4. The molecule has 2 saturated heterocycles. The summed E-state index contributed by atoms with van der Waals surface area (Å²) in [5.74, 6) is -0.643. The molecule has 2 aliphatic rings. The van der Waals surface area contributed by atoms with E-state index in [0.717, 1.165) is 4.90 Å². The lowest BCUT2D eigenvalue weighted by atomic mass is 10.1. The quantitative estimate of drug-likeness (QED) is 0.351. The van der Waals surface area contributed by atoms with Gasteiger partial charge < -0.3 is 25.2 Å². The molecule has 9 nitrogen and oxygen atoms in total. The zero-order valence-electron chi connectivity index (χ0n) is 9.26. The Bertz CT molecular complexity index is 363. The van der Waals surface area contributed by atoms with Crippen molar-refractivity contribution >= 4 is 11.9 Å². The van der Waals surface area contributed by atoms with Crippen molar-refractivity contribution in [2.75, 3.05) is 6.61 Å². The van der Waals surface area contributed by atoms with Crippen LogP contribution in [0.15, 0.2) is 0 Å². The first-order valence-electron chi connectivity index (χ1n) is 5.38. The van der Waals surface area contributed by atoms with Crippen LogP contribution in [0.1, 0.15) is 6.42 Å². The number of nitrogens with one attached hydrogen (secondary N) is 1. The number of carbonyl (C=O) groups is 2. The van der Waals surface area contributed by atoms with Gasteiger partial charge in [-0.3, -0.25) is 15.0 Å². The van der Waals surface area contributed by atoms with Crippen LogP contribution in [0.25, 0.3) is 0 Å². The summed E-state index contributed by atoms with van der Waals surface area (Å²) in [7, 11) is 0. The lowest BCUT2D eigenvalue weighted by Crippen LogP contribution is -2.61. The van der Waals surface area contributed by atoms with Gasteiger partial charge in [0.25, 0.3) is 0 Å². The maximum atomic E-state index is 11.5. The summed E-state index contributed by atoms with van der Waals surface area (Å²) in [6.45, 7) is -0.542. The molecule has 0 aliphatic carbocycles. The zero-order chi connectivity index (χ0) is 13.4. The summed E-state index contributed by atoms with van der Waals surface area (Å²) in [4.78, 5) is 23.3. The smallest absolute Gasteiger partial charge is 0.328 e. The molecule has 2 fully saturated rings. The zero-order valence-corrected chi connectivity index (χ0v) is 9.26. The van der Waals surface area contributed by atoms with Crippen molar-refractivity contribution in [1.29, 1.82) is 0 Å². The second-order valence-electron chi connectivity index (χ2n) is 4.17. The van der Waals surface area contributed by atoms with Gasteiger partial charge in [-0.05, 0) is 0 Å². The van der Waals surface area contributed by atoms with Crippen LogP contribution in [0.2, 0.25) is 0 Å². The molecule has 9 heteroatoms. The van der Waals surface area contributed by atoms with Gasteiger partial charge in [0.05, 0.1) is 13.0 Å². The molecular formula is C9H14N2O7. The number of rotatable bonds is 2. The SMILES string of the molecule is O=C1CC(O)N([C@H]2O[C@@H](CO)[C@H](O)[C@@H]2O)C(=O)N1. The first kappa shape index (κ1) is 13.2. The highest BCUT2D eigenvalue weighted by atomic mass is 16.6. The van der Waals surface area contributed by atoms with E-state index in [-0.39, 0.29) is 6.42 Å². The topological polar surface area (TPSA) is 140 Å². The Morgan fingerprint density at radius 2 is 1.94 bits per heavy atom. The van der Waals surface area contributed by atoms with Gasteiger partial charge in [-0.15, -0.1) is 0 Å². The predicted octanol–water partition coefficient (Wildman–Crippen LogP) is -3.31. The molecule has 0 radical (unpaired) electrons. The van der Waals surface area contributed by atoms with Crippen molar-refractivity contribution in [3.8, 4) is 0 Å². The lowest BCUT2D eigenvalue weighted by Gasteiger charge is -2.36. The normalized spacial score (nSPS) is 41.1. The number of imide groups is 1. The van der Waals surface area contributed by atoms with Gasteiger partial charge in [-0.2, -0.15) is 0 Å². The highest BCUT2D eigenvalue weighted by Crippen LogP contribution is 2.26. The molecule has 2 heterocycles. The van der Waals surface area contributed by atoms with Crippen LogP contribution >= 0.6 is 0 Å². The maximum Gasteiger partial charge on any atom is 0.328 e. The number of carbonyl (C=O) groups excluding carboxylic acids is 2. The van der Waals surface area contributed by atoms with Crippen LogP contribution < -0.4 is 5.32 Å². The summed E-state index contributed by atoms with van der Waals surface area (Å²) in [6.07, 6.45) is -7.02. The molecule has 5 atom stereocenters. The van der Waals surface area contributed by atoms with E-state index in [9.17, 15) is 24.9 Å². The Morgan fingerprint density at radius 3 is 2.44 bits per heavy atom. The summed E-state index contributed by atoms with van der Waals surface area (Å²) in [5, 5.41) is 39.8. The lowest BCUT2D eigenvalue weighted by molar-refractivity contribution is -0.150. The first-order valence-corrected chi connectivity index (χ1v) is 5.38. The van der Waals surface area contributed by atoms with Crippen LogP contribution in [0, 0.1) is 0 Å². The van der Waals surface area contributed by atoms with E-state index in [0.29, 0.717) is 0 Å². The molecule has 102 valence electrons. The van der Waals surface area contributed by atoms with E-state index in [1.165, 1.54) is 0 Å². The van der Waals surface area contributed by atoms with Crippen LogP contribution in [0.3, 0.4) is 0 Å². The molecule has 0 aromatic rings. The second kappa shape index (κ2) is 4.78. The highest BCUT2D eigenvalue weighted by molar-refractivity contribution is 5.97. The van der Waals surface area contributed by atoms with Gasteiger partial charge in [0.15, 0.2) is 6.23 Å². The largest absolute Gasteiger partial charge is 0.394 e. The van der Waals surface area contributed by atoms with Crippen LogP contribution in [-0.2, 0) is 9.53 Å². The van der Waals surface area contributed by atoms with E-state index in [4.69, 9.17) is 9.84 Å². The van der Waals surface area contributed by atoms with E-state index >= 15 is 0 Å². The number of aliphatic hydroxyl groups is 4. The number of amides is 3. The maximum absolute atomic E-state index is 11.5. The molecule has 0 aromatic carbocycles. The fraction of sp³-hybridized carbons (Fsp3) is 0.778. The third-order valence-corrected chi connectivity index (χ3v) is 2.96. The predicted molar refractivity (Wildman–Crippen MR) is 53.8 cm³/mol. The standard InChI is InChI=1S/C9H14N2O7/c12-2-3-6(15)7(16)8(18-3)11-5(14)1-4(13)10-9(11)17/h3,5-8,12,14-16H,1-2H2,(H,10,13,17)/t3-,5?,6-,7-,8-/m0/s1. The molecule has 18 heavy (non-hydrogen) atoms. The van der Waals surface area contributed by atoms with Crippen molar-refractivity contribution in [3.05, 3.63) is 0 Å². The van der Waals surface area contributed by atoms with Gasteiger partial charge in [0.1, 0.15) is 24.5 Å². The van der Waals surface area contributed by atoms with Crippen LogP contribution in [-0.4, -0.2) is 74.6 Å². The van der Waals surface area contributed by atoms with E-state index < -0.39 is 49.3 Å². The number of hydrogen-bond acceptors (Lipinski definition) is 7. The summed E-state index contributed by atoms with van der Waals surface area (Å²) >= 11 is 0. The number of ether oxygens (including phenoxy) is 1. The monoisotopic (exact) mass is 262 g/mol. The number of nitrogens with zero attached hydrogens (tertiary/aromatic N) is 1. The van der Waals surface area contributed by atoms with Gasteiger partial charge >= 0.3 is 6.03 Å². The minimum atomic E-state index is -1.48. The minimum absolute atomic E-state index is 0.349. The Labute approximate surface area is 102 Å². The molecular weight excluding hydrogens is 248 g/mol. The highest BCUT2D eigenvalue weighted by Gasteiger charge is 2.49. The molecule has 1 unspecified atom stereocenters. The first-order chi connectivity index (χ1) is 8.45.